The molecular weight excluding hydrogens is 370 g/mol. The van der Waals surface area contributed by atoms with Crippen molar-refractivity contribution in [2.75, 3.05) is 17.2 Å². The maximum atomic E-state index is 12.4. The topological polar surface area (TPSA) is 96.5 Å². The van der Waals surface area contributed by atoms with E-state index in [-0.39, 0.29) is 5.92 Å². The molecule has 0 fully saturated rings. The number of rotatable bonds is 8. The minimum atomic E-state index is -0.880. The fraction of sp³-hybridized carbons (Fsp3) is 0.318. The van der Waals surface area contributed by atoms with Crippen LogP contribution < -0.4 is 16.0 Å². The fourth-order valence-corrected chi connectivity index (χ4v) is 2.69. The molecular formula is C22H27N3O4. The number of benzene rings is 2. The average molecular weight is 397 g/mol. The molecule has 29 heavy (non-hydrogen) atoms. The Kier molecular flexibility index (Phi) is 8.21. The van der Waals surface area contributed by atoms with Crippen molar-refractivity contribution in [2.24, 2.45) is 5.92 Å². The molecule has 0 radical (unpaired) electrons. The van der Waals surface area contributed by atoms with Crippen LogP contribution in [0.2, 0.25) is 0 Å². The zero-order chi connectivity index (χ0) is 21.2. The molecule has 0 bridgehead atoms. The molecule has 154 valence electrons. The van der Waals surface area contributed by atoms with Gasteiger partial charge in [-0.05, 0) is 36.1 Å². The van der Waals surface area contributed by atoms with Crippen LogP contribution in [0.3, 0.4) is 0 Å². The van der Waals surface area contributed by atoms with Crippen LogP contribution in [0, 0.1) is 5.92 Å². The molecule has 7 nitrogen and oxygen atoms in total. The average Bonchev–Trinajstić information content (AvgIpc) is 2.71. The summed E-state index contributed by atoms with van der Waals surface area (Å²) in [6.45, 7) is 5.13. The first kappa shape index (κ1) is 21.9. The number of ether oxygens (including phenoxy) is 1. The highest BCUT2D eigenvalue weighted by Gasteiger charge is 2.26. The fourth-order valence-electron chi connectivity index (χ4n) is 2.69. The zero-order valence-electron chi connectivity index (χ0n) is 16.9. The van der Waals surface area contributed by atoms with Gasteiger partial charge >= 0.3 is 12.0 Å². The number of para-hydroxylation sites is 2. The van der Waals surface area contributed by atoms with E-state index in [1.807, 2.05) is 31.2 Å². The number of carbonyl (C=O) groups excluding carboxylic acids is 3. The number of anilines is 2. The summed E-state index contributed by atoms with van der Waals surface area (Å²) in [4.78, 5) is 36.7. The summed E-state index contributed by atoms with van der Waals surface area (Å²) in [5.74, 6) is -1.31. The van der Waals surface area contributed by atoms with Crippen LogP contribution in [0.1, 0.15) is 26.3 Å². The van der Waals surface area contributed by atoms with E-state index in [1.54, 1.807) is 44.2 Å². The number of nitrogens with one attached hydrogen (secondary N) is 3. The Morgan fingerprint density at radius 2 is 1.59 bits per heavy atom. The number of esters is 1. The highest BCUT2D eigenvalue weighted by atomic mass is 16.5. The summed E-state index contributed by atoms with van der Waals surface area (Å²) in [5, 5.41) is 8.00. The SMILES string of the molecule is CCc1ccccc1NC(=O)COC(=O)[C@H](NC(=O)Nc1ccccc1)C(C)C. The molecule has 3 N–H and O–H groups in total. The van der Waals surface area contributed by atoms with E-state index in [1.165, 1.54) is 0 Å². The highest BCUT2D eigenvalue weighted by Crippen LogP contribution is 2.15. The lowest BCUT2D eigenvalue weighted by Crippen LogP contribution is -2.47. The van der Waals surface area contributed by atoms with Crippen molar-refractivity contribution < 1.29 is 19.1 Å². The summed E-state index contributed by atoms with van der Waals surface area (Å²) in [6, 6.07) is 14.9. The molecule has 1 atom stereocenters. The second-order valence-corrected chi connectivity index (χ2v) is 6.85. The molecule has 3 amide bonds. The van der Waals surface area contributed by atoms with Gasteiger partial charge in [0.25, 0.3) is 5.91 Å². The van der Waals surface area contributed by atoms with Gasteiger partial charge in [-0.15, -0.1) is 0 Å². The Morgan fingerprint density at radius 3 is 2.24 bits per heavy atom. The zero-order valence-corrected chi connectivity index (χ0v) is 16.9. The van der Waals surface area contributed by atoms with Crippen LogP contribution in [0.5, 0.6) is 0 Å². The molecule has 0 aliphatic rings. The van der Waals surface area contributed by atoms with Gasteiger partial charge in [-0.25, -0.2) is 9.59 Å². The quantitative estimate of drug-likeness (QED) is 0.593. The van der Waals surface area contributed by atoms with Crippen LogP contribution >= 0.6 is 0 Å². The highest BCUT2D eigenvalue weighted by molar-refractivity contribution is 5.95. The summed E-state index contributed by atoms with van der Waals surface area (Å²) in [5.41, 5.74) is 2.29. The summed E-state index contributed by atoms with van der Waals surface area (Å²) in [6.07, 6.45) is 0.770. The minimum absolute atomic E-state index is 0.215. The molecule has 2 aromatic rings. The predicted octanol–water partition coefficient (Wildman–Crippen LogP) is 3.58. The maximum absolute atomic E-state index is 12.4. The van der Waals surface area contributed by atoms with E-state index < -0.39 is 30.6 Å². The summed E-state index contributed by atoms with van der Waals surface area (Å²) < 4.78 is 5.13. The minimum Gasteiger partial charge on any atom is -0.454 e. The maximum Gasteiger partial charge on any atom is 0.329 e. The number of carbonyl (C=O) groups is 3. The molecule has 0 aromatic heterocycles. The molecule has 0 spiro atoms. The smallest absolute Gasteiger partial charge is 0.329 e. The van der Waals surface area contributed by atoms with Crippen molar-refractivity contribution >= 4 is 29.3 Å². The molecule has 2 rings (SSSR count). The van der Waals surface area contributed by atoms with Crippen molar-refractivity contribution in [3.05, 3.63) is 60.2 Å². The molecule has 0 aliphatic heterocycles. The number of hydrogen-bond donors (Lipinski definition) is 3. The van der Waals surface area contributed by atoms with Crippen LogP contribution in [-0.4, -0.2) is 30.6 Å². The van der Waals surface area contributed by atoms with Gasteiger partial charge in [-0.2, -0.15) is 0 Å². The van der Waals surface area contributed by atoms with Crippen LogP contribution in [0.15, 0.2) is 54.6 Å². The van der Waals surface area contributed by atoms with E-state index >= 15 is 0 Å². The Hall–Kier alpha value is -3.35. The van der Waals surface area contributed by atoms with Crippen LogP contribution in [0.4, 0.5) is 16.2 Å². The molecule has 0 unspecified atom stereocenters. The van der Waals surface area contributed by atoms with Gasteiger partial charge in [-0.3, -0.25) is 4.79 Å². The lowest BCUT2D eigenvalue weighted by Gasteiger charge is -2.21. The second-order valence-electron chi connectivity index (χ2n) is 6.85. The number of aryl methyl sites for hydroxylation is 1. The predicted molar refractivity (Wildman–Crippen MR) is 113 cm³/mol. The third kappa shape index (κ3) is 6.95. The van der Waals surface area contributed by atoms with Crippen molar-refractivity contribution in [3.63, 3.8) is 0 Å². The van der Waals surface area contributed by atoms with E-state index in [2.05, 4.69) is 16.0 Å². The first-order valence-corrected chi connectivity index (χ1v) is 9.57. The summed E-state index contributed by atoms with van der Waals surface area (Å²) >= 11 is 0. The Morgan fingerprint density at radius 1 is 0.931 bits per heavy atom. The molecule has 0 heterocycles. The van der Waals surface area contributed by atoms with Gasteiger partial charge in [0.2, 0.25) is 0 Å². The molecule has 0 saturated heterocycles. The van der Waals surface area contributed by atoms with Crippen molar-refractivity contribution in [1.29, 1.82) is 0 Å². The van der Waals surface area contributed by atoms with Crippen LogP contribution in [0.25, 0.3) is 0 Å². The first-order chi connectivity index (χ1) is 13.9. The van der Waals surface area contributed by atoms with Crippen LogP contribution in [-0.2, 0) is 20.7 Å². The number of hydrogen-bond acceptors (Lipinski definition) is 4. The molecule has 0 aliphatic carbocycles. The largest absolute Gasteiger partial charge is 0.454 e. The first-order valence-electron chi connectivity index (χ1n) is 9.57. The number of urea groups is 1. The van der Waals surface area contributed by atoms with Gasteiger partial charge in [0.05, 0.1) is 0 Å². The van der Waals surface area contributed by atoms with E-state index in [0.29, 0.717) is 11.4 Å². The van der Waals surface area contributed by atoms with Crippen molar-refractivity contribution in [3.8, 4) is 0 Å². The van der Waals surface area contributed by atoms with E-state index in [4.69, 9.17) is 4.74 Å². The van der Waals surface area contributed by atoms with E-state index in [9.17, 15) is 14.4 Å². The third-order valence-electron chi connectivity index (χ3n) is 4.26. The Bertz CT molecular complexity index is 837. The Balaban J connectivity index is 1.88. The standard InChI is InChI=1S/C22H27N3O4/c1-4-16-10-8-9-13-18(16)24-19(26)14-29-21(27)20(15(2)3)25-22(28)23-17-11-6-5-7-12-17/h5-13,15,20H,4,14H2,1-3H3,(H,24,26)(H2,23,25,28)/t20-/m1/s1. The van der Waals surface area contributed by atoms with Gasteiger partial charge < -0.3 is 20.7 Å². The number of amides is 3. The van der Waals surface area contributed by atoms with Gasteiger partial charge in [0.1, 0.15) is 6.04 Å². The second kappa shape index (κ2) is 10.8. The van der Waals surface area contributed by atoms with Gasteiger partial charge in [0.15, 0.2) is 6.61 Å². The van der Waals surface area contributed by atoms with Crippen molar-refractivity contribution in [1.82, 2.24) is 5.32 Å². The van der Waals surface area contributed by atoms with Gasteiger partial charge in [-0.1, -0.05) is 57.2 Å². The summed E-state index contributed by atoms with van der Waals surface area (Å²) in [7, 11) is 0. The van der Waals surface area contributed by atoms with E-state index in [0.717, 1.165) is 12.0 Å². The molecule has 7 heteroatoms. The lowest BCUT2D eigenvalue weighted by molar-refractivity contribution is -0.150. The van der Waals surface area contributed by atoms with Gasteiger partial charge in [0, 0.05) is 11.4 Å². The third-order valence-corrected chi connectivity index (χ3v) is 4.26. The molecule has 0 saturated carbocycles. The van der Waals surface area contributed by atoms with Crippen molar-refractivity contribution in [2.45, 2.75) is 33.2 Å². The normalized spacial score (nSPS) is 11.4. The lowest BCUT2D eigenvalue weighted by atomic mass is 10.1. The molecule has 2 aromatic carbocycles. The Labute approximate surface area is 170 Å². The monoisotopic (exact) mass is 397 g/mol.